The molecule has 0 N–H and O–H groups in total. The van der Waals surface area contributed by atoms with Crippen molar-refractivity contribution in [1.82, 2.24) is 0 Å². The third-order valence-electron chi connectivity index (χ3n) is 0.988. The van der Waals surface area contributed by atoms with E-state index in [0.29, 0.717) is 0 Å². The van der Waals surface area contributed by atoms with Gasteiger partial charge in [0, 0.05) is 13.3 Å². The summed E-state index contributed by atoms with van der Waals surface area (Å²) >= 11 is 0. The second-order valence-corrected chi connectivity index (χ2v) is 7.28. The normalized spacial score (nSPS) is 21.3. The first kappa shape index (κ1) is 10.9. The number of hydrogen-bond donors (Lipinski definition) is 0. The molecule has 0 aromatic carbocycles. The fourth-order valence-electron chi connectivity index (χ4n) is 0.389. The van der Waals surface area contributed by atoms with Crippen LogP contribution in [0.4, 0.5) is 0 Å². The van der Waals surface area contributed by atoms with Crippen LogP contribution in [0.3, 0.4) is 0 Å². The molecule has 64 valence electrons. The van der Waals surface area contributed by atoms with Crippen molar-refractivity contribution in [2.45, 2.75) is 0 Å². The van der Waals surface area contributed by atoms with Gasteiger partial charge in [-0.3, -0.25) is 13.4 Å². The number of hydrogen-bond acceptors (Lipinski definition) is 3. The van der Waals surface area contributed by atoms with Crippen LogP contribution < -0.4 is 0 Å². The van der Waals surface area contributed by atoms with Gasteiger partial charge in [0.05, 0.1) is 0 Å². The molecule has 0 amide bonds. The van der Waals surface area contributed by atoms with Gasteiger partial charge in [-0.2, -0.15) is 0 Å². The molecule has 0 heterocycles. The van der Waals surface area contributed by atoms with Crippen molar-refractivity contribution in [3.05, 3.63) is 24.8 Å². The minimum atomic E-state index is -2.88. The average molecular weight is 194 g/mol. The Morgan fingerprint density at radius 2 is 1.36 bits per heavy atom. The molecule has 11 heavy (non-hydrogen) atoms. The molecule has 0 bridgehead atoms. The summed E-state index contributed by atoms with van der Waals surface area (Å²) in [5, 5.41) is 0. The summed E-state index contributed by atoms with van der Waals surface area (Å²) in [6.07, 6.45) is 0. The van der Waals surface area contributed by atoms with E-state index in [-0.39, 0.29) is 0 Å². The quantitative estimate of drug-likeness (QED) is 0.645. The van der Waals surface area contributed by atoms with Gasteiger partial charge >= 0.3 is 0 Å². The lowest BCUT2D eigenvalue weighted by Gasteiger charge is -2.12. The molecular weight excluding hydrogens is 182 g/mol. The molecule has 5 heteroatoms. The van der Waals surface area contributed by atoms with E-state index in [9.17, 15) is 9.13 Å². The van der Waals surface area contributed by atoms with Crippen molar-refractivity contribution in [1.29, 1.82) is 0 Å². The van der Waals surface area contributed by atoms with E-state index in [4.69, 9.17) is 4.31 Å². The second-order valence-electron chi connectivity index (χ2n) is 2.26. The second kappa shape index (κ2) is 3.53. The van der Waals surface area contributed by atoms with Crippen molar-refractivity contribution in [3.63, 3.8) is 0 Å². The predicted molar refractivity (Wildman–Crippen MR) is 48.5 cm³/mol. The highest BCUT2D eigenvalue weighted by Gasteiger charge is 2.21. The molecule has 0 aliphatic carbocycles. The van der Waals surface area contributed by atoms with E-state index in [1.807, 2.05) is 0 Å². The maximum atomic E-state index is 11.2. The van der Waals surface area contributed by atoms with Crippen LogP contribution in [-0.2, 0) is 13.4 Å². The molecular formula is C6H12O3P2. The summed E-state index contributed by atoms with van der Waals surface area (Å²) in [5.41, 5.74) is 0. The standard InChI is InChI=1S/C6H12O3P2/c1-5-10(3,7)9-11(4,8)6-2/h5-6H,1-2H2,3-4H3. The number of rotatable bonds is 4. The van der Waals surface area contributed by atoms with Crippen molar-refractivity contribution in [2.75, 3.05) is 13.3 Å². The Hall–Kier alpha value is -0.100. The summed E-state index contributed by atoms with van der Waals surface area (Å²) in [5.74, 6) is 2.35. The van der Waals surface area contributed by atoms with Gasteiger partial charge in [0.15, 0.2) is 0 Å². The molecule has 3 nitrogen and oxygen atoms in total. The Balaban J connectivity index is 4.51. The van der Waals surface area contributed by atoms with Crippen molar-refractivity contribution in [3.8, 4) is 0 Å². The molecule has 0 aromatic heterocycles. The van der Waals surface area contributed by atoms with E-state index < -0.39 is 14.7 Å². The summed E-state index contributed by atoms with van der Waals surface area (Å²) in [4.78, 5) is 0. The highest BCUT2D eigenvalue weighted by Crippen LogP contribution is 2.60. The zero-order valence-electron chi connectivity index (χ0n) is 6.69. The van der Waals surface area contributed by atoms with Crippen LogP contribution in [-0.4, -0.2) is 13.3 Å². The third kappa shape index (κ3) is 4.36. The lowest BCUT2D eigenvalue weighted by molar-refractivity contribution is 0.478. The summed E-state index contributed by atoms with van der Waals surface area (Å²) in [6, 6.07) is 0. The van der Waals surface area contributed by atoms with Gasteiger partial charge in [-0.1, -0.05) is 13.2 Å². The Labute approximate surface area is 67.1 Å². The molecule has 0 saturated carbocycles. The smallest absolute Gasteiger partial charge is 0.227 e. The first-order valence-electron chi connectivity index (χ1n) is 2.96. The maximum absolute atomic E-state index is 11.2. The van der Waals surface area contributed by atoms with E-state index in [1.54, 1.807) is 0 Å². The lowest BCUT2D eigenvalue weighted by Crippen LogP contribution is -1.80. The van der Waals surface area contributed by atoms with Crippen molar-refractivity contribution >= 4 is 14.7 Å². The first-order valence-corrected chi connectivity index (χ1v) is 7.24. The first-order chi connectivity index (χ1) is 4.83. The van der Waals surface area contributed by atoms with Crippen LogP contribution in [0.5, 0.6) is 0 Å². The molecule has 0 radical (unpaired) electrons. The third-order valence-corrected chi connectivity index (χ3v) is 4.91. The van der Waals surface area contributed by atoms with Crippen LogP contribution in [0.2, 0.25) is 0 Å². The fraction of sp³-hybridized carbons (Fsp3) is 0.333. The van der Waals surface area contributed by atoms with Crippen LogP contribution >= 0.6 is 14.7 Å². The lowest BCUT2D eigenvalue weighted by atomic mass is 11.3. The van der Waals surface area contributed by atoms with Gasteiger partial charge < -0.3 is 0 Å². The zero-order chi connectivity index (χ0) is 9.12. The van der Waals surface area contributed by atoms with Gasteiger partial charge in [-0.15, -0.1) is 0 Å². The molecule has 0 spiro atoms. The summed E-state index contributed by atoms with van der Waals surface area (Å²) in [7, 11) is -5.76. The maximum Gasteiger partial charge on any atom is 0.227 e. The van der Waals surface area contributed by atoms with Gasteiger partial charge in [0.25, 0.3) is 0 Å². The molecule has 0 rings (SSSR count). The van der Waals surface area contributed by atoms with Crippen LogP contribution in [0.15, 0.2) is 24.8 Å². The van der Waals surface area contributed by atoms with E-state index in [1.165, 1.54) is 25.0 Å². The molecule has 0 aliphatic heterocycles. The van der Waals surface area contributed by atoms with Crippen LogP contribution in [0.25, 0.3) is 0 Å². The SMILES string of the molecule is C=CP(C)(=O)OP(C)(=O)C=C. The van der Waals surface area contributed by atoms with Crippen LogP contribution in [0.1, 0.15) is 0 Å². The molecule has 0 fully saturated rings. The molecule has 2 unspecified atom stereocenters. The van der Waals surface area contributed by atoms with Gasteiger partial charge in [0.2, 0.25) is 14.7 Å². The minimum Gasteiger partial charge on any atom is -0.288 e. The Kier molecular flexibility index (Phi) is 3.50. The van der Waals surface area contributed by atoms with E-state index >= 15 is 0 Å². The Morgan fingerprint density at radius 3 is 1.55 bits per heavy atom. The van der Waals surface area contributed by atoms with Crippen molar-refractivity contribution in [2.24, 2.45) is 0 Å². The monoisotopic (exact) mass is 194 g/mol. The van der Waals surface area contributed by atoms with Crippen molar-refractivity contribution < 1.29 is 13.4 Å². The topological polar surface area (TPSA) is 43.4 Å². The van der Waals surface area contributed by atoms with Gasteiger partial charge in [0.1, 0.15) is 0 Å². The fourth-order valence-corrected chi connectivity index (χ4v) is 3.50. The summed E-state index contributed by atoms with van der Waals surface area (Å²) < 4.78 is 27.2. The Bertz CT molecular complexity index is 231. The molecule has 0 saturated heterocycles. The zero-order valence-corrected chi connectivity index (χ0v) is 8.48. The highest BCUT2D eigenvalue weighted by atomic mass is 31.2. The van der Waals surface area contributed by atoms with E-state index in [2.05, 4.69) is 13.2 Å². The van der Waals surface area contributed by atoms with E-state index in [0.717, 1.165) is 0 Å². The molecule has 2 atom stereocenters. The van der Waals surface area contributed by atoms with Gasteiger partial charge in [-0.25, -0.2) is 0 Å². The largest absolute Gasteiger partial charge is 0.288 e. The van der Waals surface area contributed by atoms with Crippen LogP contribution in [0, 0.1) is 0 Å². The van der Waals surface area contributed by atoms with Gasteiger partial charge in [-0.05, 0) is 11.6 Å². The average Bonchev–Trinajstić information content (AvgIpc) is 1.86. The predicted octanol–water partition coefficient (Wildman–Crippen LogP) is 3.11. The molecule has 0 aromatic rings. The molecule has 0 aliphatic rings. The Morgan fingerprint density at radius 1 is 1.09 bits per heavy atom. The summed E-state index contributed by atoms with van der Waals surface area (Å²) in [6.45, 7) is 9.34. The highest BCUT2D eigenvalue weighted by molar-refractivity contribution is 7.74. The minimum absolute atomic E-state index is 1.17.